The highest BCUT2D eigenvalue weighted by atomic mass is 15.0. The van der Waals surface area contributed by atoms with E-state index in [4.69, 9.17) is 0 Å². The van der Waals surface area contributed by atoms with Gasteiger partial charge in [-0.25, -0.2) is 15.0 Å². The number of hydrogen-bond acceptors (Lipinski definition) is 5. The Morgan fingerprint density at radius 1 is 0.649 bits per heavy atom. The molecule has 0 spiro atoms. The number of nitriles is 2. The smallest absolute Gasteiger partial charge is 0.164 e. The van der Waals surface area contributed by atoms with Crippen LogP contribution in [-0.2, 0) is 0 Å². The fourth-order valence-electron chi connectivity index (χ4n) is 4.89. The van der Waals surface area contributed by atoms with Crippen LogP contribution in [0.2, 0.25) is 0 Å². The number of rotatable bonds is 3. The summed E-state index contributed by atoms with van der Waals surface area (Å²) in [6.45, 7) is 3.64. The number of para-hydroxylation sites is 1. The van der Waals surface area contributed by atoms with Crippen molar-refractivity contribution >= 4 is 21.8 Å². The van der Waals surface area contributed by atoms with E-state index < -0.39 is 0 Å². The molecule has 6 heteroatoms. The Hall–Kier alpha value is -5.33. The molecular weight excluding hydrogens is 456 g/mol. The summed E-state index contributed by atoms with van der Waals surface area (Å²) in [5.74, 6) is 1.73. The first kappa shape index (κ1) is 22.2. The molecule has 0 atom stereocenters. The number of aromatic nitrogens is 4. The summed E-state index contributed by atoms with van der Waals surface area (Å²) in [5.41, 5.74) is 6.72. The zero-order chi connectivity index (χ0) is 25.5. The van der Waals surface area contributed by atoms with Gasteiger partial charge in [-0.3, -0.25) is 0 Å². The molecule has 2 heterocycles. The van der Waals surface area contributed by atoms with E-state index in [1.54, 1.807) is 6.07 Å². The van der Waals surface area contributed by atoms with Crippen molar-refractivity contribution in [3.63, 3.8) is 0 Å². The SMILES string of the molecule is Cc1nc(C)nc(-c2ccc(-n3c4ccccc4c4ccc(-c5cccc(C#N)c5)cc43)cc2C#N)n1. The number of nitrogens with zero attached hydrogens (tertiary/aromatic N) is 6. The molecule has 4 aromatic carbocycles. The summed E-state index contributed by atoms with van der Waals surface area (Å²) in [4.78, 5) is 13.2. The molecule has 174 valence electrons. The Labute approximate surface area is 213 Å². The van der Waals surface area contributed by atoms with Gasteiger partial charge in [-0.1, -0.05) is 42.5 Å². The van der Waals surface area contributed by atoms with Crippen molar-refractivity contribution in [3.8, 4) is 40.3 Å². The van der Waals surface area contributed by atoms with Gasteiger partial charge in [0.1, 0.15) is 11.6 Å². The van der Waals surface area contributed by atoms with Crippen LogP contribution in [0.1, 0.15) is 22.8 Å². The minimum absolute atomic E-state index is 0.492. The standard InChI is InChI=1S/C31H20N6/c1-19-34-20(2)36-31(35-19)26-13-11-25(15-24(26)18-33)37-29-9-4-3-8-27(29)28-12-10-23(16-30(28)37)22-7-5-6-21(14-22)17-32/h3-16H,1-2H3. The van der Waals surface area contributed by atoms with Gasteiger partial charge in [0, 0.05) is 22.0 Å². The zero-order valence-electron chi connectivity index (χ0n) is 20.3. The summed E-state index contributed by atoms with van der Waals surface area (Å²) in [7, 11) is 0. The summed E-state index contributed by atoms with van der Waals surface area (Å²) < 4.78 is 2.18. The zero-order valence-corrected chi connectivity index (χ0v) is 20.3. The topological polar surface area (TPSA) is 91.2 Å². The molecule has 0 aliphatic carbocycles. The quantitative estimate of drug-likeness (QED) is 0.285. The van der Waals surface area contributed by atoms with Crippen LogP contribution in [0.15, 0.2) is 84.9 Å². The van der Waals surface area contributed by atoms with E-state index in [1.165, 1.54) is 0 Å². The lowest BCUT2D eigenvalue weighted by Gasteiger charge is -2.12. The molecule has 2 aromatic heterocycles. The van der Waals surface area contributed by atoms with Crippen LogP contribution >= 0.6 is 0 Å². The van der Waals surface area contributed by atoms with Crippen LogP contribution in [-0.4, -0.2) is 19.5 Å². The van der Waals surface area contributed by atoms with Crippen LogP contribution in [0.25, 0.3) is 50.0 Å². The second kappa shape index (κ2) is 8.71. The third-order valence-corrected chi connectivity index (χ3v) is 6.48. The summed E-state index contributed by atoms with van der Waals surface area (Å²) in [5, 5.41) is 21.7. The van der Waals surface area contributed by atoms with Crippen molar-refractivity contribution in [3.05, 3.63) is 108 Å². The highest BCUT2D eigenvalue weighted by molar-refractivity contribution is 6.10. The van der Waals surface area contributed by atoms with Crippen LogP contribution in [0.3, 0.4) is 0 Å². The lowest BCUT2D eigenvalue weighted by atomic mass is 10.0. The van der Waals surface area contributed by atoms with Crippen molar-refractivity contribution in [1.29, 1.82) is 10.5 Å². The van der Waals surface area contributed by atoms with E-state index in [2.05, 4.69) is 62.0 Å². The number of benzene rings is 4. The number of aryl methyl sites for hydroxylation is 2. The van der Waals surface area contributed by atoms with Crippen molar-refractivity contribution in [1.82, 2.24) is 19.5 Å². The molecule has 0 amide bonds. The van der Waals surface area contributed by atoms with Gasteiger partial charge in [-0.15, -0.1) is 0 Å². The predicted octanol–water partition coefficient (Wildman–Crippen LogP) is 6.66. The first-order chi connectivity index (χ1) is 18.1. The van der Waals surface area contributed by atoms with Gasteiger partial charge in [0.15, 0.2) is 5.82 Å². The van der Waals surface area contributed by atoms with Gasteiger partial charge in [0.05, 0.1) is 34.3 Å². The fourth-order valence-corrected chi connectivity index (χ4v) is 4.89. The Morgan fingerprint density at radius 3 is 2.19 bits per heavy atom. The summed E-state index contributed by atoms with van der Waals surface area (Å²) >= 11 is 0. The first-order valence-corrected chi connectivity index (χ1v) is 11.8. The van der Waals surface area contributed by atoms with Gasteiger partial charge in [0.25, 0.3) is 0 Å². The van der Waals surface area contributed by atoms with Crippen molar-refractivity contribution in [2.45, 2.75) is 13.8 Å². The summed E-state index contributed by atoms with van der Waals surface area (Å²) in [6, 6.07) is 32.6. The molecular formula is C31H20N6. The van der Waals surface area contributed by atoms with Gasteiger partial charge >= 0.3 is 0 Å². The van der Waals surface area contributed by atoms with Gasteiger partial charge in [-0.2, -0.15) is 10.5 Å². The molecule has 6 rings (SSSR count). The van der Waals surface area contributed by atoms with Crippen molar-refractivity contribution < 1.29 is 0 Å². The maximum absolute atomic E-state index is 10.1. The molecule has 0 radical (unpaired) electrons. The summed E-state index contributed by atoms with van der Waals surface area (Å²) in [6.07, 6.45) is 0. The van der Waals surface area contributed by atoms with Crippen molar-refractivity contribution in [2.75, 3.05) is 0 Å². The Bertz CT molecular complexity index is 1910. The van der Waals surface area contributed by atoms with Crippen LogP contribution < -0.4 is 0 Å². The normalized spacial score (nSPS) is 10.9. The van der Waals surface area contributed by atoms with E-state index in [0.717, 1.165) is 38.6 Å². The molecule has 0 saturated carbocycles. The first-order valence-electron chi connectivity index (χ1n) is 11.8. The van der Waals surface area contributed by atoms with E-state index in [0.29, 0.717) is 34.2 Å². The average molecular weight is 477 g/mol. The second-order valence-electron chi connectivity index (χ2n) is 8.87. The Balaban J connectivity index is 1.59. The number of hydrogen-bond donors (Lipinski definition) is 0. The predicted molar refractivity (Wildman–Crippen MR) is 144 cm³/mol. The van der Waals surface area contributed by atoms with Gasteiger partial charge < -0.3 is 4.57 Å². The molecule has 6 aromatic rings. The largest absolute Gasteiger partial charge is 0.309 e. The maximum Gasteiger partial charge on any atom is 0.164 e. The molecule has 0 N–H and O–H groups in total. The fraction of sp³-hybridized carbons (Fsp3) is 0.0645. The lowest BCUT2D eigenvalue weighted by Crippen LogP contribution is -2.01. The molecule has 6 nitrogen and oxygen atoms in total. The minimum Gasteiger partial charge on any atom is -0.309 e. The third kappa shape index (κ3) is 3.78. The van der Waals surface area contributed by atoms with Crippen LogP contribution in [0.4, 0.5) is 0 Å². The maximum atomic E-state index is 10.1. The second-order valence-corrected chi connectivity index (χ2v) is 8.87. The third-order valence-electron chi connectivity index (χ3n) is 6.48. The molecule has 0 bridgehead atoms. The minimum atomic E-state index is 0.492. The number of fused-ring (bicyclic) bond motifs is 3. The van der Waals surface area contributed by atoms with Crippen LogP contribution in [0.5, 0.6) is 0 Å². The highest BCUT2D eigenvalue weighted by Gasteiger charge is 2.16. The molecule has 37 heavy (non-hydrogen) atoms. The van der Waals surface area contributed by atoms with Crippen LogP contribution in [0, 0.1) is 36.5 Å². The van der Waals surface area contributed by atoms with E-state index in [1.807, 2.05) is 62.4 Å². The Kier molecular flexibility index (Phi) is 5.22. The van der Waals surface area contributed by atoms with Gasteiger partial charge in [0.2, 0.25) is 0 Å². The molecule has 0 aliphatic heterocycles. The van der Waals surface area contributed by atoms with Gasteiger partial charge in [-0.05, 0) is 67.4 Å². The van der Waals surface area contributed by atoms with Crippen molar-refractivity contribution in [2.24, 2.45) is 0 Å². The molecule has 0 unspecified atom stereocenters. The molecule has 0 saturated heterocycles. The average Bonchev–Trinajstić information content (AvgIpc) is 3.26. The lowest BCUT2D eigenvalue weighted by molar-refractivity contribution is 0.928. The Morgan fingerprint density at radius 2 is 1.41 bits per heavy atom. The van der Waals surface area contributed by atoms with E-state index in [9.17, 15) is 10.5 Å². The monoisotopic (exact) mass is 476 g/mol. The van der Waals surface area contributed by atoms with E-state index >= 15 is 0 Å². The molecule has 0 aliphatic rings. The molecule has 0 fully saturated rings. The highest BCUT2D eigenvalue weighted by Crippen LogP contribution is 2.36. The van der Waals surface area contributed by atoms with E-state index in [-0.39, 0.29) is 0 Å².